The second-order valence-corrected chi connectivity index (χ2v) is 6.74. The largest absolute Gasteiger partial charge is 0.462 e. The zero-order valence-electron chi connectivity index (χ0n) is 11.4. The van der Waals surface area contributed by atoms with Crippen LogP contribution in [0.3, 0.4) is 0 Å². The fourth-order valence-electron chi connectivity index (χ4n) is 1.35. The second kappa shape index (κ2) is 6.78. The van der Waals surface area contributed by atoms with Gasteiger partial charge >= 0.3 is 0 Å². The van der Waals surface area contributed by atoms with Gasteiger partial charge in [0.1, 0.15) is 12.2 Å². The van der Waals surface area contributed by atoms with Crippen LogP contribution in [-0.2, 0) is 0 Å². The van der Waals surface area contributed by atoms with Gasteiger partial charge in [0.15, 0.2) is 0 Å². The molecule has 0 aliphatic rings. The van der Waals surface area contributed by atoms with Crippen molar-refractivity contribution < 1.29 is 10.2 Å². The van der Waals surface area contributed by atoms with Gasteiger partial charge in [-0.05, 0) is 39.0 Å². The lowest BCUT2D eigenvalue weighted by Crippen LogP contribution is -2.25. The van der Waals surface area contributed by atoms with Crippen molar-refractivity contribution in [1.29, 1.82) is 0 Å². The minimum atomic E-state index is -0.155. The quantitative estimate of drug-likeness (QED) is 0.585. The summed E-state index contributed by atoms with van der Waals surface area (Å²) in [6, 6.07) is 0. The maximum atomic E-state index is 8.78. The van der Waals surface area contributed by atoms with Crippen LogP contribution < -0.4 is 0 Å². The summed E-state index contributed by atoms with van der Waals surface area (Å²) >= 11 is 0. The number of hydrogen-bond acceptors (Lipinski definition) is 2. The van der Waals surface area contributed by atoms with Crippen LogP contribution in [0.25, 0.3) is 0 Å². The molecule has 2 unspecified atom stereocenters. The fourth-order valence-corrected chi connectivity index (χ4v) is 3.20. The highest BCUT2D eigenvalue weighted by molar-refractivity contribution is 7.38. The molecule has 0 amide bonds. The highest BCUT2D eigenvalue weighted by Crippen LogP contribution is 2.36. The number of rotatable bonds is 5. The van der Waals surface area contributed by atoms with E-state index >= 15 is 0 Å². The molecule has 0 aliphatic carbocycles. The third kappa shape index (κ3) is 5.86. The molecule has 0 aromatic heterocycles. The van der Waals surface area contributed by atoms with Gasteiger partial charge in [0.25, 0.3) is 0 Å². The number of hydrogen-bond donors (Lipinski definition) is 2. The molecule has 0 rings (SSSR count). The summed E-state index contributed by atoms with van der Waals surface area (Å²) in [5, 5.41) is 17.4. The highest BCUT2D eigenvalue weighted by atomic mass is 31.1. The Bertz CT molecular complexity index is 352. The molecule has 0 radical (unpaired) electrons. The Balaban J connectivity index is 4.42. The summed E-state index contributed by atoms with van der Waals surface area (Å²) in [5.41, 5.74) is -0.298. The Hall–Kier alpha value is -0.850. The SMILES string of the molecule is CC(C)C(C)(C#CO)CPCC(C)(C)C#CO. The van der Waals surface area contributed by atoms with Crippen molar-refractivity contribution in [3.63, 3.8) is 0 Å². The summed E-state index contributed by atoms with van der Waals surface area (Å²) < 4.78 is 0. The van der Waals surface area contributed by atoms with Crippen LogP contribution in [0.2, 0.25) is 0 Å². The Morgan fingerprint density at radius 2 is 1.53 bits per heavy atom. The average molecular weight is 254 g/mol. The Kier molecular flexibility index (Phi) is 6.44. The first-order valence-electron chi connectivity index (χ1n) is 5.80. The highest BCUT2D eigenvalue weighted by Gasteiger charge is 2.27. The Labute approximate surface area is 107 Å². The van der Waals surface area contributed by atoms with Gasteiger partial charge < -0.3 is 10.2 Å². The molecule has 0 saturated heterocycles. The van der Waals surface area contributed by atoms with E-state index in [1.54, 1.807) is 0 Å². The lowest BCUT2D eigenvalue weighted by molar-refractivity contribution is 0.352. The van der Waals surface area contributed by atoms with Crippen LogP contribution in [0.1, 0.15) is 34.6 Å². The second-order valence-electron chi connectivity index (χ2n) is 5.53. The van der Waals surface area contributed by atoms with E-state index in [2.05, 4.69) is 32.6 Å². The van der Waals surface area contributed by atoms with Crippen molar-refractivity contribution in [3.8, 4) is 24.1 Å². The first-order chi connectivity index (χ1) is 7.77. The van der Waals surface area contributed by atoms with Gasteiger partial charge in [-0.1, -0.05) is 25.7 Å². The third-order valence-electron chi connectivity index (χ3n) is 3.07. The van der Waals surface area contributed by atoms with Gasteiger partial charge in [-0.25, -0.2) is 0 Å². The number of aliphatic hydroxyl groups excluding tert-OH is 2. The van der Waals surface area contributed by atoms with Crippen LogP contribution in [0, 0.1) is 40.8 Å². The van der Waals surface area contributed by atoms with Gasteiger partial charge in [0.05, 0.1) is 0 Å². The average Bonchev–Trinajstić information content (AvgIpc) is 2.17. The van der Waals surface area contributed by atoms with Crippen molar-refractivity contribution in [2.75, 3.05) is 12.3 Å². The molecule has 0 spiro atoms. The number of aliphatic hydroxyl groups is 2. The third-order valence-corrected chi connectivity index (χ3v) is 5.19. The minimum Gasteiger partial charge on any atom is -0.462 e. The zero-order chi connectivity index (χ0) is 13.5. The molecule has 0 fully saturated rings. The van der Waals surface area contributed by atoms with Crippen LogP contribution in [-0.4, -0.2) is 22.5 Å². The predicted molar refractivity (Wildman–Crippen MR) is 74.2 cm³/mol. The molecule has 0 saturated carbocycles. The minimum absolute atomic E-state index is 0.143. The molecule has 0 aromatic rings. The molecular weight excluding hydrogens is 231 g/mol. The Morgan fingerprint density at radius 1 is 1.00 bits per heavy atom. The fraction of sp³-hybridized carbons (Fsp3) is 0.714. The summed E-state index contributed by atoms with van der Waals surface area (Å²) in [6.07, 6.45) is 5.93. The van der Waals surface area contributed by atoms with E-state index in [9.17, 15) is 0 Å². The van der Waals surface area contributed by atoms with Crippen molar-refractivity contribution in [2.45, 2.75) is 34.6 Å². The van der Waals surface area contributed by atoms with Crippen molar-refractivity contribution in [1.82, 2.24) is 0 Å². The molecule has 0 bridgehead atoms. The van der Waals surface area contributed by atoms with E-state index in [1.807, 2.05) is 26.1 Å². The summed E-state index contributed by atoms with van der Waals surface area (Å²) in [7, 11) is 0.720. The first kappa shape index (κ1) is 16.1. The zero-order valence-corrected chi connectivity index (χ0v) is 12.4. The van der Waals surface area contributed by atoms with Crippen LogP contribution in [0.15, 0.2) is 0 Å². The molecule has 0 heterocycles. The van der Waals surface area contributed by atoms with Gasteiger partial charge in [-0.3, -0.25) is 0 Å². The van der Waals surface area contributed by atoms with E-state index in [-0.39, 0.29) is 10.8 Å². The lowest BCUT2D eigenvalue weighted by atomic mass is 9.82. The Morgan fingerprint density at radius 3 is 1.94 bits per heavy atom. The van der Waals surface area contributed by atoms with Gasteiger partial charge in [0, 0.05) is 10.8 Å². The van der Waals surface area contributed by atoms with Gasteiger partial charge in [-0.15, -0.1) is 8.58 Å². The predicted octanol–water partition coefficient (Wildman–Crippen LogP) is 3.02. The molecule has 96 valence electrons. The molecule has 0 aliphatic heterocycles. The maximum absolute atomic E-state index is 8.78. The molecule has 3 heteroatoms. The summed E-state index contributed by atoms with van der Waals surface area (Å²) in [5.74, 6) is 6.10. The van der Waals surface area contributed by atoms with Crippen LogP contribution >= 0.6 is 8.58 Å². The smallest absolute Gasteiger partial charge is 0.108 e. The molecule has 2 N–H and O–H groups in total. The summed E-state index contributed by atoms with van der Waals surface area (Å²) in [6.45, 7) is 10.4. The molecule has 0 aromatic carbocycles. The van der Waals surface area contributed by atoms with Crippen LogP contribution in [0.4, 0.5) is 0 Å². The van der Waals surface area contributed by atoms with Crippen molar-refractivity contribution >= 4 is 8.58 Å². The van der Waals surface area contributed by atoms with E-state index in [0.717, 1.165) is 20.9 Å². The van der Waals surface area contributed by atoms with E-state index in [4.69, 9.17) is 10.2 Å². The normalized spacial score (nSPS) is 14.9. The molecule has 17 heavy (non-hydrogen) atoms. The monoisotopic (exact) mass is 254 g/mol. The van der Waals surface area contributed by atoms with E-state index in [0.29, 0.717) is 5.92 Å². The topological polar surface area (TPSA) is 40.5 Å². The lowest BCUT2D eigenvalue weighted by Gasteiger charge is -2.29. The standard InChI is InChI=1S/C14H23O2P/c1-12(2)14(5,7-9-16)11-17-10-13(3,4)6-8-15/h12,15-17H,10-11H2,1-5H3. The molecule has 2 nitrogen and oxygen atoms in total. The maximum Gasteiger partial charge on any atom is 0.108 e. The molecular formula is C14H23O2P. The molecule has 2 atom stereocenters. The summed E-state index contributed by atoms with van der Waals surface area (Å²) in [4.78, 5) is 0. The van der Waals surface area contributed by atoms with Crippen LogP contribution in [0.5, 0.6) is 0 Å². The van der Waals surface area contributed by atoms with Gasteiger partial charge in [0.2, 0.25) is 0 Å². The van der Waals surface area contributed by atoms with E-state index < -0.39 is 0 Å². The van der Waals surface area contributed by atoms with Gasteiger partial charge in [-0.2, -0.15) is 0 Å². The first-order valence-corrected chi connectivity index (χ1v) is 7.22. The van der Waals surface area contributed by atoms with Crippen molar-refractivity contribution in [3.05, 3.63) is 0 Å². The van der Waals surface area contributed by atoms with Crippen molar-refractivity contribution in [2.24, 2.45) is 16.7 Å². The van der Waals surface area contributed by atoms with E-state index in [1.165, 1.54) is 0 Å².